The molecule has 6 nitrogen and oxygen atoms in total. The third kappa shape index (κ3) is 3.80. The standard InChI is InChI=1S/C19H14BrN5O/c1-25-12-23-10-16(25)11-26-18(14-4-2-13(8-21)3-5-14)17-7-6-15(9-22)24-19(17)20/h2-7,10,12,18H,11H2,1H3. The van der Waals surface area contributed by atoms with E-state index >= 15 is 0 Å². The molecule has 1 aromatic carbocycles. The van der Waals surface area contributed by atoms with E-state index in [1.54, 1.807) is 30.7 Å². The van der Waals surface area contributed by atoms with E-state index in [4.69, 9.17) is 15.3 Å². The molecule has 2 aromatic heterocycles. The van der Waals surface area contributed by atoms with Gasteiger partial charge in [-0.25, -0.2) is 9.97 Å². The van der Waals surface area contributed by atoms with Crippen molar-refractivity contribution in [2.24, 2.45) is 7.05 Å². The number of nitriles is 2. The van der Waals surface area contributed by atoms with Gasteiger partial charge >= 0.3 is 0 Å². The molecule has 26 heavy (non-hydrogen) atoms. The van der Waals surface area contributed by atoms with Crippen molar-refractivity contribution in [2.75, 3.05) is 0 Å². The summed E-state index contributed by atoms with van der Waals surface area (Å²) in [6.45, 7) is 0.355. The van der Waals surface area contributed by atoms with Crippen LogP contribution in [0.1, 0.15) is 34.2 Å². The maximum absolute atomic E-state index is 9.02. The lowest BCUT2D eigenvalue weighted by Crippen LogP contribution is -2.10. The van der Waals surface area contributed by atoms with Gasteiger partial charge in [0.2, 0.25) is 0 Å². The molecule has 0 radical (unpaired) electrons. The fourth-order valence-corrected chi connectivity index (χ4v) is 3.02. The minimum absolute atomic E-state index is 0.325. The average Bonchev–Trinajstić information content (AvgIpc) is 3.08. The topological polar surface area (TPSA) is 87.5 Å². The van der Waals surface area contributed by atoms with Crippen molar-refractivity contribution in [3.63, 3.8) is 0 Å². The molecular formula is C19H14BrN5O. The first-order valence-corrected chi connectivity index (χ1v) is 8.55. The zero-order valence-corrected chi connectivity index (χ0v) is 15.5. The number of aryl methyl sites for hydroxylation is 1. The molecule has 1 atom stereocenters. The van der Waals surface area contributed by atoms with E-state index in [1.807, 2.05) is 35.9 Å². The highest BCUT2D eigenvalue weighted by Crippen LogP contribution is 2.32. The van der Waals surface area contributed by atoms with E-state index in [0.29, 0.717) is 22.5 Å². The fourth-order valence-electron chi connectivity index (χ4n) is 2.49. The number of aromatic nitrogens is 3. The molecular weight excluding hydrogens is 394 g/mol. The minimum atomic E-state index is -0.410. The molecule has 0 saturated carbocycles. The van der Waals surface area contributed by atoms with Gasteiger partial charge in [0.15, 0.2) is 0 Å². The number of imidazole rings is 1. The van der Waals surface area contributed by atoms with Gasteiger partial charge in [-0.1, -0.05) is 18.2 Å². The van der Waals surface area contributed by atoms with Crippen molar-refractivity contribution in [1.29, 1.82) is 10.5 Å². The Morgan fingerprint density at radius 2 is 1.92 bits per heavy atom. The molecule has 0 spiro atoms. The molecule has 0 saturated heterocycles. The second-order valence-electron chi connectivity index (χ2n) is 5.61. The molecule has 7 heteroatoms. The number of benzene rings is 1. The summed E-state index contributed by atoms with van der Waals surface area (Å²) in [5, 5.41) is 18.0. The van der Waals surface area contributed by atoms with Gasteiger partial charge < -0.3 is 9.30 Å². The lowest BCUT2D eigenvalue weighted by atomic mass is 10.0. The predicted octanol–water partition coefficient (Wildman–Crippen LogP) is 3.63. The van der Waals surface area contributed by atoms with Crippen molar-refractivity contribution >= 4 is 15.9 Å². The van der Waals surface area contributed by atoms with Gasteiger partial charge in [-0.2, -0.15) is 10.5 Å². The number of hydrogen-bond acceptors (Lipinski definition) is 5. The van der Waals surface area contributed by atoms with Crippen LogP contribution in [0.4, 0.5) is 0 Å². The van der Waals surface area contributed by atoms with Crippen LogP contribution in [0.3, 0.4) is 0 Å². The summed E-state index contributed by atoms with van der Waals surface area (Å²) in [5.41, 5.74) is 3.53. The van der Waals surface area contributed by atoms with Crippen LogP contribution in [0.15, 0.2) is 53.5 Å². The van der Waals surface area contributed by atoms with Gasteiger partial charge in [0.1, 0.15) is 22.5 Å². The van der Waals surface area contributed by atoms with E-state index in [2.05, 4.69) is 32.0 Å². The third-order valence-corrected chi connectivity index (χ3v) is 4.57. The Balaban J connectivity index is 1.96. The fraction of sp³-hybridized carbons (Fsp3) is 0.158. The Morgan fingerprint density at radius 1 is 1.15 bits per heavy atom. The average molecular weight is 408 g/mol. The first-order chi connectivity index (χ1) is 12.6. The van der Waals surface area contributed by atoms with E-state index < -0.39 is 6.10 Å². The molecule has 0 aliphatic carbocycles. The zero-order chi connectivity index (χ0) is 18.5. The predicted molar refractivity (Wildman–Crippen MR) is 97.6 cm³/mol. The molecule has 0 fully saturated rings. The van der Waals surface area contributed by atoms with Crippen molar-refractivity contribution in [3.8, 4) is 12.1 Å². The molecule has 3 aromatic rings. The van der Waals surface area contributed by atoms with E-state index in [-0.39, 0.29) is 0 Å². The van der Waals surface area contributed by atoms with Crippen LogP contribution in [0.5, 0.6) is 0 Å². The van der Waals surface area contributed by atoms with Crippen LogP contribution < -0.4 is 0 Å². The number of pyridine rings is 1. The highest BCUT2D eigenvalue weighted by molar-refractivity contribution is 9.10. The lowest BCUT2D eigenvalue weighted by Gasteiger charge is -2.20. The normalized spacial score (nSPS) is 11.5. The summed E-state index contributed by atoms with van der Waals surface area (Å²) in [6, 6.07) is 14.8. The Kier molecular flexibility index (Phi) is 5.43. The Morgan fingerprint density at radius 3 is 2.50 bits per heavy atom. The van der Waals surface area contributed by atoms with Crippen LogP contribution in [-0.2, 0) is 18.4 Å². The number of halogens is 1. The lowest BCUT2D eigenvalue weighted by molar-refractivity contribution is 0.0624. The third-order valence-electron chi connectivity index (χ3n) is 3.93. The van der Waals surface area contributed by atoms with Crippen molar-refractivity contribution in [1.82, 2.24) is 14.5 Å². The van der Waals surface area contributed by atoms with Crippen LogP contribution in [0, 0.1) is 22.7 Å². The summed E-state index contributed by atoms with van der Waals surface area (Å²) in [5.74, 6) is 0. The van der Waals surface area contributed by atoms with E-state index in [9.17, 15) is 0 Å². The molecule has 0 aliphatic heterocycles. The first-order valence-electron chi connectivity index (χ1n) is 7.75. The summed E-state index contributed by atoms with van der Waals surface area (Å²) in [4.78, 5) is 8.34. The molecule has 0 aliphatic rings. The van der Waals surface area contributed by atoms with Gasteiger partial charge in [0, 0.05) is 12.6 Å². The highest BCUT2D eigenvalue weighted by Gasteiger charge is 2.20. The Hall–Kier alpha value is -3.00. The second-order valence-corrected chi connectivity index (χ2v) is 6.36. The number of nitrogens with zero attached hydrogens (tertiary/aromatic N) is 5. The van der Waals surface area contributed by atoms with Gasteiger partial charge in [0.05, 0.1) is 36.5 Å². The first kappa shape index (κ1) is 17.8. The van der Waals surface area contributed by atoms with Crippen molar-refractivity contribution in [2.45, 2.75) is 12.7 Å². The molecule has 128 valence electrons. The monoisotopic (exact) mass is 407 g/mol. The molecule has 0 bridgehead atoms. The molecule has 1 unspecified atom stereocenters. The van der Waals surface area contributed by atoms with Crippen LogP contribution >= 0.6 is 15.9 Å². The molecule has 2 heterocycles. The Bertz CT molecular complexity index is 998. The largest absolute Gasteiger partial charge is 0.362 e. The summed E-state index contributed by atoms with van der Waals surface area (Å²) in [7, 11) is 1.90. The van der Waals surface area contributed by atoms with Crippen LogP contribution in [0.25, 0.3) is 0 Å². The molecule has 3 rings (SSSR count). The van der Waals surface area contributed by atoms with Gasteiger partial charge in [-0.3, -0.25) is 0 Å². The van der Waals surface area contributed by atoms with Crippen LogP contribution in [0.2, 0.25) is 0 Å². The SMILES string of the molecule is Cn1cncc1COC(c1ccc(C#N)cc1)c1ccc(C#N)nc1Br. The summed E-state index contributed by atoms with van der Waals surface area (Å²) in [6.07, 6.45) is 3.06. The smallest absolute Gasteiger partial charge is 0.141 e. The maximum Gasteiger partial charge on any atom is 0.141 e. The second kappa shape index (κ2) is 7.92. The quantitative estimate of drug-likeness (QED) is 0.602. The molecule has 0 N–H and O–H groups in total. The molecule has 0 amide bonds. The highest BCUT2D eigenvalue weighted by atomic mass is 79.9. The van der Waals surface area contributed by atoms with Gasteiger partial charge in [-0.15, -0.1) is 0 Å². The number of ether oxygens (including phenoxy) is 1. The van der Waals surface area contributed by atoms with Crippen LogP contribution in [-0.4, -0.2) is 14.5 Å². The van der Waals surface area contributed by atoms with Gasteiger partial charge in [-0.05, 0) is 39.7 Å². The summed E-state index contributed by atoms with van der Waals surface area (Å²) < 4.78 is 8.61. The maximum atomic E-state index is 9.02. The number of rotatable bonds is 5. The van der Waals surface area contributed by atoms with E-state index in [1.165, 1.54) is 0 Å². The Labute approximate surface area is 159 Å². The zero-order valence-electron chi connectivity index (χ0n) is 13.9. The van der Waals surface area contributed by atoms with Crippen molar-refractivity contribution in [3.05, 3.63) is 81.6 Å². The van der Waals surface area contributed by atoms with E-state index in [0.717, 1.165) is 16.8 Å². The van der Waals surface area contributed by atoms with Crippen molar-refractivity contribution < 1.29 is 4.74 Å². The minimum Gasteiger partial charge on any atom is -0.362 e. The summed E-state index contributed by atoms with van der Waals surface area (Å²) >= 11 is 3.44. The number of hydrogen-bond donors (Lipinski definition) is 0. The van der Waals surface area contributed by atoms with Gasteiger partial charge in [0.25, 0.3) is 0 Å².